The van der Waals surface area contributed by atoms with Crippen molar-refractivity contribution < 1.29 is 22.7 Å². The first-order valence-electron chi connectivity index (χ1n) is 10.3. The van der Waals surface area contributed by atoms with Crippen LogP contribution in [0.2, 0.25) is 0 Å². The minimum absolute atomic E-state index is 0.000860. The lowest BCUT2D eigenvalue weighted by molar-refractivity contribution is -0.141. The summed E-state index contributed by atoms with van der Waals surface area (Å²) in [4.78, 5) is 31.2. The van der Waals surface area contributed by atoms with Gasteiger partial charge in [-0.15, -0.1) is 11.3 Å². The summed E-state index contributed by atoms with van der Waals surface area (Å²) in [5, 5.41) is 3.75. The number of aromatic nitrogens is 4. The van der Waals surface area contributed by atoms with E-state index >= 15 is 0 Å². The Labute approximate surface area is 190 Å². The maximum Gasteiger partial charge on any atom is 0.433 e. The van der Waals surface area contributed by atoms with Crippen LogP contribution in [0.5, 0.6) is 0 Å². The average molecular weight is 476 g/mol. The molecule has 172 valence electrons. The minimum Gasteiger partial charge on any atom is -0.447 e. The molecule has 1 saturated carbocycles. The van der Waals surface area contributed by atoms with Gasteiger partial charge in [0.05, 0.1) is 12.1 Å². The van der Waals surface area contributed by atoms with Gasteiger partial charge in [0.15, 0.2) is 0 Å². The van der Waals surface area contributed by atoms with Gasteiger partial charge in [-0.05, 0) is 43.9 Å². The van der Waals surface area contributed by atoms with Gasteiger partial charge in [0.1, 0.15) is 23.1 Å². The van der Waals surface area contributed by atoms with Crippen molar-refractivity contribution in [3.63, 3.8) is 0 Å². The van der Waals surface area contributed by atoms with E-state index in [0.29, 0.717) is 34.9 Å². The van der Waals surface area contributed by atoms with E-state index in [1.807, 2.05) is 6.92 Å². The molecule has 1 aliphatic heterocycles. The topological polar surface area (TPSA) is 93.1 Å². The van der Waals surface area contributed by atoms with Gasteiger partial charge in [-0.2, -0.15) is 18.2 Å². The number of carbonyl (C=O) groups excluding carboxylic acids is 1. The number of alkyl halides is 3. The van der Waals surface area contributed by atoms with E-state index in [1.54, 1.807) is 23.4 Å². The van der Waals surface area contributed by atoms with Crippen LogP contribution in [0.1, 0.15) is 36.4 Å². The fourth-order valence-electron chi connectivity index (χ4n) is 3.65. The van der Waals surface area contributed by atoms with Gasteiger partial charge < -0.3 is 10.1 Å². The standard InChI is InChI=1S/C21H19F3N6O2S/c1-11(15-9-27-18(33-15)13-4-5-16(26-8-13)21(22,23)24)28-19-25-7-6-17(29-19)30-14(12-2-3-12)10-32-20(30)31/h4-9,11-12,14H,2-3,10H2,1H3,(H,25,28,29)/t11-,14?/m0/s1. The number of anilines is 2. The zero-order valence-electron chi connectivity index (χ0n) is 17.4. The van der Waals surface area contributed by atoms with Gasteiger partial charge in [-0.1, -0.05) is 0 Å². The summed E-state index contributed by atoms with van der Waals surface area (Å²) in [5.41, 5.74) is -0.440. The van der Waals surface area contributed by atoms with Gasteiger partial charge in [0.25, 0.3) is 0 Å². The molecule has 4 heterocycles. The molecule has 1 N–H and O–H groups in total. The molecule has 3 aromatic heterocycles. The zero-order valence-corrected chi connectivity index (χ0v) is 18.2. The minimum atomic E-state index is -4.48. The summed E-state index contributed by atoms with van der Waals surface area (Å²) < 4.78 is 43.4. The molecule has 33 heavy (non-hydrogen) atoms. The van der Waals surface area contributed by atoms with Crippen molar-refractivity contribution >= 4 is 29.2 Å². The first-order valence-corrected chi connectivity index (χ1v) is 11.2. The summed E-state index contributed by atoms with van der Waals surface area (Å²) in [5.74, 6) is 1.28. The fourth-order valence-corrected chi connectivity index (χ4v) is 4.56. The number of carbonyl (C=O) groups is 1. The van der Waals surface area contributed by atoms with Crippen molar-refractivity contribution in [3.05, 3.63) is 47.4 Å². The highest BCUT2D eigenvalue weighted by Crippen LogP contribution is 2.39. The van der Waals surface area contributed by atoms with Crippen LogP contribution in [0.3, 0.4) is 0 Å². The molecule has 0 radical (unpaired) electrons. The molecule has 1 amide bonds. The first kappa shape index (κ1) is 21.6. The van der Waals surface area contributed by atoms with Crippen molar-refractivity contribution in [2.24, 2.45) is 5.92 Å². The molecule has 3 aromatic rings. The third-order valence-corrected chi connectivity index (χ3v) is 6.79. The van der Waals surface area contributed by atoms with Crippen LogP contribution < -0.4 is 10.2 Å². The Morgan fingerprint density at radius 1 is 1.18 bits per heavy atom. The van der Waals surface area contributed by atoms with Gasteiger partial charge in [-0.3, -0.25) is 9.88 Å². The van der Waals surface area contributed by atoms with E-state index in [0.717, 1.165) is 23.8 Å². The number of cyclic esters (lactones) is 1. The lowest BCUT2D eigenvalue weighted by atomic mass is 10.2. The number of hydrogen-bond acceptors (Lipinski definition) is 8. The maximum absolute atomic E-state index is 12.7. The molecule has 2 aliphatic rings. The maximum atomic E-state index is 12.7. The largest absolute Gasteiger partial charge is 0.447 e. The van der Waals surface area contributed by atoms with Crippen LogP contribution in [0.25, 0.3) is 10.6 Å². The predicted octanol–water partition coefficient (Wildman–Crippen LogP) is 4.92. The van der Waals surface area contributed by atoms with Gasteiger partial charge >= 0.3 is 12.3 Å². The van der Waals surface area contributed by atoms with Crippen molar-refractivity contribution in [1.82, 2.24) is 19.9 Å². The molecule has 2 atom stereocenters. The predicted molar refractivity (Wildman–Crippen MR) is 115 cm³/mol. The number of nitrogens with one attached hydrogen (secondary N) is 1. The number of thiazole rings is 1. The Bertz CT molecular complexity index is 1170. The van der Waals surface area contributed by atoms with E-state index in [-0.39, 0.29) is 12.1 Å². The second-order valence-electron chi connectivity index (χ2n) is 7.95. The number of halogens is 3. The second kappa shape index (κ2) is 8.25. The molecule has 1 aliphatic carbocycles. The SMILES string of the molecule is C[C@H](Nc1nccc(N2C(=O)OCC2C2CC2)n1)c1cnc(-c2ccc(C(F)(F)F)nc2)s1. The van der Waals surface area contributed by atoms with Crippen LogP contribution in [-0.2, 0) is 10.9 Å². The highest BCUT2D eigenvalue weighted by Gasteiger charge is 2.44. The van der Waals surface area contributed by atoms with E-state index in [1.165, 1.54) is 23.6 Å². The first-order chi connectivity index (χ1) is 15.8. The Balaban J connectivity index is 1.30. The van der Waals surface area contributed by atoms with E-state index in [4.69, 9.17) is 4.74 Å². The zero-order chi connectivity index (χ0) is 23.2. The van der Waals surface area contributed by atoms with Crippen LogP contribution in [0.15, 0.2) is 36.8 Å². The average Bonchev–Trinajstić information content (AvgIpc) is 3.37. The quantitative estimate of drug-likeness (QED) is 0.540. The Morgan fingerprint density at radius 2 is 2.00 bits per heavy atom. The monoisotopic (exact) mass is 476 g/mol. The van der Waals surface area contributed by atoms with Gasteiger partial charge in [-0.25, -0.2) is 14.8 Å². The Hall–Kier alpha value is -3.28. The smallest absolute Gasteiger partial charge is 0.433 e. The Morgan fingerprint density at radius 3 is 2.70 bits per heavy atom. The van der Waals surface area contributed by atoms with Crippen LogP contribution >= 0.6 is 11.3 Å². The number of hydrogen-bond donors (Lipinski definition) is 1. The van der Waals surface area contributed by atoms with Crippen LogP contribution in [0, 0.1) is 5.92 Å². The van der Waals surface area contributed by atoms with E-state index < -0.39 is 18.0 Å². The molecule has 5 rings (SSSR count). The molecule has 8 nitrogen and oxygen atoms in total. The molecule has 2 fully saturated rings. The molecular formula is C21H19F3N6O2S. The second-order valence-corrected chi connectivity index (χ2v) is 9.02. The molecule has 1 saturated heterocycles. The number of rotatable bonds is 6. The number of amides is 1. The number of ether oxygens (including phenoxy) is 1. The van der Waals surface area contributed by atoms with E-state index in [2.05, 4.69) is 25.3 Å². The van der Waals surface area contributed by atoms with Crippen LogP contribution in [0.4, 0.5) is 29.7 Å². The molecule has 1 unspecified atom stereocenters. The summed E-state index contributed by atoms with van der Waals surface area (Å²) in [7, 11) is 0. The van der Waals surface area contributed by atoms with Crippen molar-refractivity contribution in [3.8, 4) is 10.6 Å². The summed E-state index contributed by atoms with van der Waals surface area (Å²) >= 11 is 1.33. The molecule has 0 spiro atoms. The van der Waals surface area contributed by atoms with Crippen LogP contribution in [-0.4, -0.2) is 38.7 Å². The normalized spacial score (nSPS) is 19.5. The van der Waals surface area contributed by atoms with Gasteiger partial charge in [0.2, 0.25) is 5.95 Å². The van der Waals surface area contributed by atoms with Gasteiger partial charge in [0, 0.05) is 29.0 Å². The third kappa shape index (κ3) is 4.47. The highest BCUT2D eigenvalue weighted by atomic mass is 32.1. The van der Waals surface area contributed by atoms with Crippen molar-refractivity contribution in [1.29, 1.82) is 0 Å². The van der Waals surface area contributed by atoms with Crippen molar-refractivity contribution in [2.75, 3.05) is 16.8 Å². The summed E-state index contributed by atoms with van der Waals surface area (Å²) in [6.45, 7) is 2.27. The fraction of sp³-hybridized carbons (Fsp3) is 0.381. The summed E-state index contributed by atoms with van der Waals surface area (Å²) in [6.07, 6.45) is 1.67. The molecule has 0 aromatic carbocycles. The number of pyridine rings is 1. The Kier molecular flexibility index (Phi) is 5.39. The number of nitrogens with zero attached hydrogens (tertiary/aromatic N) is 5. The molecule has 0 bridgehead atoms. The van der Waals surface area contributed by atoms with Crippen molar-refractivity contribution in [2.45, 2.75) is 38.0 Å². The molecule has 12 heteroatoms. The molecular weight excluding hydrogens is 457 g/mol. The lowest BCUT2D eigenvalue weighted by Crippen LogP contribution is -2.35. The lowest BCUT2D eigenvalue weighted by Gasteiger charge is -2.20. The highest BCUT2D eigenvalue weighted by molar-refractivity contribution is 7.15. The van der Waals surface area contributed by atoms with E-state index in [9.17, 15) is 18.0 Å². The third-order valence-electron chi connectivity index (χ3n) is 5.56. The summed E-state index contributed by atoms with van der Waals surface area (Å²) in [6, 6.07) is 3.75.